The molecule has 0 radical (unpaired) electrons. The first-order valence-electron chi connectivity index (χ1n) is 11.3. The van der Waals surface area contributed by atoms with Crippen LogP contribution in [0.2, 0.25) is 0 Å². The molecule has 2 aliphatic rings. The van der Waals surface area contributed by atoms with Gasteiger partial charge in [-0.2, -0.15) is 0 Å². The van der Waals surface area contributed by atoms with E-state index in [1.807, 2.05) is 6.07 Å². The van der Waals surface area contributed by atoms with Crippen LogP contribution in [0.5, 0.6) is 11.5 Å². The Morgan fingerprint density at radius 1 is 1.00 bits per heavy atom. The van der Waals surface area contributed by atoms with Gasteiger partial charge in [0.2, 0.25) is 0 Å². The quantitative estimate of drug-likeness (QED) is 0.624. The fraction of sp³-hybridized carbons (Fsp3) is 0.423. The van der Waals surface area contributed by atoms with Crippen LogP contribution in [0.1, 0.15) is 36.1 Å². The molecule has 162 valence electrons. The highest BCUT2D eigenvalue weighted by molar-refractivity contribution is 5.96. The van der Waals surface area contributed by atoms with Gasteiger partial charge in [0, 0.05) is 47.7 Å². The molecule has 31 heavy (non-hydrogen) atoms. The molecule has 3 aromatic rings. The predicted molar refractivity (Wildman–Crippen MR) is 127 cm³/mol. The van der Waals surface area contributed by atoms with E-state index < -0.39 is 0 Å². The molecule has 0 unspecified atom stereocenters. The summed E-state index contributed by atoms with van der Waals surface area (Å²) in [5.41, 5.74) is 7.53. The van der Waals surface area contributed by atoms with Crippen molar-refractivity contribution >= 4 is 22.3 Å². The zero-order chi connectivity index (χ0) is 21.4. The highest BCUT2D eigenvalue weighted by atomic mass is 16.5. The number of aromatic nitrogens is 1. The molecule has 0 spiro atoms. The van der Waals surface area contributed by atoms with Crippen LogP contribution in [-0.4, -0.2) is 38.3 Å². The third-order valence-corrected chi connectivity index (χ3v) is 6.73. The minimum atomic E-state index is 0.462. The molecule has 0 bridgehead atoms. The molecule has 2 heterocycles. The summed E-state index contributed by atoms with van der Waals surface area (Å²) in [6, 6.07) is 13.4. The van der Waals surface area contributed by atoms with Crippen LogP contribution in [0.25, 0.3) is 10.9 Å². The number of nitrogens with zero attached hydrogens (tertiary/aromatic N) is 2. The van der Waals surface area contributed by atoms with Crippen LogP contribution in [-0.2, 0) is 12.8 Å². The van der Waals surface area contributed by atoms with Gasteiger partial charge < -0.3 is 19.7 Å². The molecule has 1 N–H and O–H groups in total. The van der Waals surface area contributed by atoms with Crippen molar-refractivity contribution in [3.8, 4) is 11.5 Å². The van der Waals surface area contributed by atoms with E-state index in [1.165, 1.54) is 34.6 Å². The number of nitrogens with one attached hydrogen (secondary N) is 1. The van der Waals surface area contributed by atoms with Crippen LogP contribution in [0.4, 0.5) is 11.4 Å². The topological polar surface area (TPSA) is 46.6 Å². The van der Waals surface area contributed by atoms with Gasteiger partial charge in [0.05, 0.1) is 19.7 Å². The van der Waals surface area contributed by atoms with Crippen molar-refractivity contribution in [2.75, 3.05) is 37.5 Å². The summed E-state index contributed by atoms with van der Waals surface area (Å²) in [4.78, 5) is 7.48. The molecule has 1 saturated heterocycles. The molecule has 0 atom stereocenters. The molecule has 0 amide bonds. The Hall–Kier alpha value is -2.95. The summed E-state index contributed by atoms with van der Waals surface area (Å²) in [6.45, 7) is 4.31. The van der Waals surface area contributed by atoms with Crippen molar-refractivity contribution in [2.24, 2.45) is 0 Å². The maximum atomic E-state index is 5.59. The largest absolute Gasteiger partial charge is 0.493 e. The lowest BCUT2D eigenvalue weighted by molar-refractivity contribution is 0.356. The smallest absolute Gasteiger partial charge is 0.162 e. The molecule has 0 saturated carbocycles. The van der Waals surface area contributed by atoms with E-state index >= 15 is 0 Å². The number of hydrogen-bond donors (Lipinski definition) is 1. The molecular weight excluding hydrogens is 386 g/mol. The zero-order valence-electron chi connectivity index (χ0n) is 18.7. The Morgan fingerprint density at radius 2 is 1.77 bits per heavy atom. The first-order valence-corrected chi connectivity index (χ1v) is 11.3. The molecule has 5 heteroatoms. The molecule has 1 fully saturated rings. The van der Waals surface area contributed by atoms with E-state index in [0.717, 1.165) is 61.2 Å². The number of methoxy groups -OCH3 is 2. The summed E-state index contributed by atoms with van der Waals surface area (Å²) < 4.78 is 11.1. The van der Waals surface area contributed by atoms with Gasteiger partial charge in [-0.3, -0.25) is 4.98 Å². The Labute approximate surface area is 184 Å². The normalized spacial score (nSPS) is 16.4. The highest BCUT2D eigenvalue weighted by Gasteiger charge is 2.25. The highest BCUT2D eigenvalue weighted by Crippen LogP contribution is 2.40. The van der Waals surface area contributed by atoms with Crippen molar-refractivity contribution in [3.63, 3.8) is 0 Å². The third-order valence-electron chi connectivity index (χ3n) is 6.73. The van der Waals surface area contributed by atoms with E-state index in [9.17, 15) is 0 Å². The molecule has 5 rings (SSSR count). The number of fused-ring (bicyclic) bond motifs is 2. The summed E-state index contributed by atoms with van der Waals surface area (Å²) in [5.74, 6) is 1.49. The first-order chi connectivity index (χ1) is 15.2. The molecular formula is C26H31N3O2. The fourth-order valence-electron chi connectivity index (χ4n) is 5.07. The number of rotatable bonds is 5. The van der Waals surface area contributed by atoms with Gasteiger partial charge in [-0.15, -0.1) is 0 Å². The summed E-state index contributed by atoms with van der Waals surface area (Å²) >= 11 is 0. The van der Waals surface area contributed by atoms with Crippen molar-refractivity contribution in [1.82, 2.24) is 4.98 Å². The van der Waals surface area contributed by atoms with Crippen LogP contribution in [0, 0.1) is 6.92 Å². The number of aryl methyl sites for hydroxylation is 2. The molecule has 1 aliphatic carbocycles. The number of piperidine rings is 1. The minimum Gasteiger partial charge on any atom is -0.493 e. The Bertz CT molecular complexity index is 1100. The second kappa shape index (κ2) is 8.29. The van der Waals surface area contributed by atoms with E-state index in [0.29, 0.717) is 6.04 Å². The number of anilines is 2. The Balaban J connectivity index is 1.42. The van der Waals surface area contributed by atoms with Crippen LogP contribution in [0.3, 0.4) is 0 Å². The maximum Gasteiger partial charge on any atom is 0.162 e. The Kier molecular flexibility index (Phi) is 5.34. The van der Waals surface area contributed by atoms with Crippen molar-refractivity contribution in [2.45, 2.75) is 45.1 Å². The molecule has 1 aliphatic heterocycles. The lowest BCUT2D eigenvalue weighted by atomic mass is 10.0. The van der Waals surface area contributed by atoms with Gasteiger partial charge in [-0.05, 0) is 68.4 Å². The summed E-state index contributed by atoms with van der Waals surface area (Å²) in [5, 5.41) is 5.07. The monoisotopic (exact) mass is 417 g/mol. The maximum absolute atomic E-state index is 5.59. The lowest BCUT2D eigenvalue weighted by Crippen LogP contribution is -2.39. The third kappa shape index (κ3) is 3.78. The van der Waals surface area contributed by atoms with E-state index in [2.05, 4.69) is 47.5 Å². The zero-order valence-corrected chi connectivity index (χ0v) is 18.7. The fourth-order valence-corrected chi connectivity index (χ4v) is 5.07. The summed E-state index contributed by atoms with van der Waals surface area (Å²) in [6.07, 6.45) is 5.57. The second-order valence-electron chi connectivity index (χ2n) is 8.73. The second-order valence-corrected chi connectivity index (χ2v) is 8.73. The molecule has 1 aromatic heterocycles. The van der Waals surface area contributed by atoms with Gasteiger partial charge in [0.15, 0.2) is 11.5 Å². The first kappa shape index (κ1) is 20.0. The SMILES string of the molecule is COc1cc2nc3c(c(NC4CCN(c5cccc(C)c5)CC4)c2cc1OC)CCC3. The number of ether oxygens (including phenoxy) is 2. The minimum absolute atomic E-state index is 0.462. The molecule has 2 aromatic carbocycles. The Morgan fingerprint density at radius 3 is 2.52 bits per heavy atom. The van der Waals surface area contributed by atoms with Gasteiger partial charge >= 0.3 is 0 Å². The summed E-state index contributed by atoms with van der Waals surface area (Å²) in [7, 11) is 3.37. The predicted octanol–water partition coefficient (Wildman–Crippen LogP) is 5.13. The van der Waals surface area contributed by atoms with Crippen molar-refractivity contribution in [3.05, 3.63) is 53.2 Å². The molecule has 5 nitrogen and oxygen atoms in total. The number of hydrogen-bond acceptors (Lipinski definition) is 5. The van der Waals surface area contributed by atoms with Crippen LogP contribution < -0.4 is 19.7 Å². The number of pyridine rings is 1. The van der Waals surface area contributed by atoms with Crippen LogP contribution in [0.15, 0.2) is 36.4 Å². The van der Waals surface area contributed by atoms with Crippen molar-refractivity contribution < 1.29 is 9.47 Å². The lowest BCUT2D eigenvalue weighted by Gasteiger charge is -2.35. The van der Waals surface area contributed by atoms with Gasteiger partial charge in [-0.1, -0.05) is 12.1 Å². The van der Waals surface area contributed by atoms with Crippen LogP contribution >= 0.6 is 0 Å². The number of benzene rings is 2. The van der Waals surface area contributed by atoms with Gasteiger partial charge in [-0.25, -0.2) is 0 Å². The van der Waals surface area contributed by atoms with E-state index in [4.69, 9.17) is 14.5 Å². The van der Waals surface area contributed by atoms with E-state index in [-0.39, 0.29) is 0 Å². The average molecular weight is 418 g/mol. The van der Waals surface area contributed by atoms with Crippen molar-refractivity contribution in [1.29, 1.82) is 0 Å². The average Bonchev–Trinajstić information content (AvgIpc) is 3.27. The van der Waals surface area contributed by atoms with Gasteiger partial charge in [0.1, 0.15) is 0 Å². The van der Waals surface area contributed by atoms with Gasteiger partial charge in [0.25, 0.3) is 0 Å². The van der Waals surface area contributed by atoms with E-state index in [1.54, 1.807) is 14.2 Å². The standard InChI is InChI=1S/C26H31N3O2/c1-17-6-4-7-19(14-17)29-12-10-18(11-13-29)27-26-20-8-5-9-22(20)28-23-16-25(31-3)24(30-2)15-21(23)26/h4,6-7,14-16,18H,5,8-13H2,1-3H3,(H,27,28).